The maximum atomic E-state index is 13.1. The Morgan fingerprint density at radius 3 is 2.34 bits per heavy atom. The van der Waals surface area contributed by atoms with Gasteiger partial charge in [-0.15, -0.1) is 0 Å². The molecule has 0 aliphatic carbocycles. The van der Waals surface area contributed by atoms with Crippen LogP contribution in [0.25, 0.3) is 0 Å². The molecule has 0 aromatic heterocycles. The molecule has 2 N–H and O–H groups in total. The molecule has 0 fully saturated rings. The predicted molar refractivity (Wildman–Crippen MR) is 126 cm³/mol. The lowest BCUT2D eigenvalue weighted by Gasteiger charge is -2.22. The van der Waals surface area contributed by atoms with Crippen LogP contribution in [0.2, 0.25) is 0 Å². The predicted octanol–water partition coefficient (Wildman–Crippen LogP) is 3.49. The second kappa shape index (κ2) is 9.42. The van der Waals surface area contributed by atoms with Crippen molar-refractivity contribution in [1.82, 2.24) is 4.72 Å². The van der Waals surface area contributed by atoms with Crippen LogP contribution in [0.4, 0.5) is 11.4 Å². The van der Waals surface area contributed by atoms with Gasteiger partial charge in [-0.2, -0.15) is 4.72 Å². The summed E-state index contributed by atoms with van der Waals surface area (Å²) in [6.45, 7) is 9.07. The third kappa shape index (κ3) is 5.02. The van der Waals surface area contributed by atoms with Gasteiger partial charge in [-0.25, -0.2) is 8.42 Å². The fourth-order valence-electron chi connectivity index (χ4n) is 4.03. The fraction of sp³-hybridized carbons (Fsp3) is 0.417. The van der Waals surface area contributed by atoms with Crippen LogP contribution in [0.15, 0.2) is 47.4 Å². The Bertz CT molecular complexity index is 1110. The molecule has 3 rings (SSSR count). The van der Waals surface area contributed by atoms with Gasteiger partial charge in [-0.1, -0.05) is 32.9 Å². The zero-order chi connectivity index (χ0) is 23.6. The highest BCUT2D eigenvalue weighted by Crippen LogP contribution is 2.34. The molecule has 172 valence electrons. The maximum Gasteiger partial charge on any atom is 0.242 e. The minimum absolute atomic E-state index is 0.0262. The molecule has 0 bridgehead atoms. The van der Waals surface area contributed by atoms with Gasteiger partial charge in [-0.05, 0) is 67.1 Å². The van der Waals surface area contributed by atoms with Crippen LogP contribution in [-0.4, -0.2) is 32.3 Å². The Hall–Kier alpha value is -2.71. The molecule has 1 aliphatic heterocycles. The van der Waals surface area contributed by atoms with Crippen LogP contribution < -0.4 is 14.9 Å². The SMILES string of the molecule is CCc1ccc(NC(=O)[C@H](NS(=O)(=O)c2ccc3c(c2)C[C@H](C)N3C(C)=O)C(C)C)cc1. The highest BCUT2D eigenvalue weighted by atomic mass is 32.2. The monoisotopic (exact) mass is 457 g/mol. The quantitative estimate of drug-likeness (QED) is 0.665. The minimum atomic E-state index is -3.94. The number of amides is 2. The zero-order valence-corrected chi connectivity index (χ0v) is 20.0. The van der Waals surface area contributed by atoms with Crippen LogP contribution in [0.5, 0.6) is 0 Å². The number of nitrogens with one attached hydrogen (secondary N) is 2. The Morgan fingerprint density at radius 1 is 1.12 bits per heavy atom. The van der Waals surface area contributed by atoms with Crippen molar-refractivity contribution in [2.24, 2.45) is 5.92 Å². The molecule has 0 unspecified atom stereocenters. The Morgan fingerprint density at radius 2 is 1.78 bits per heavy atom. The smallest absolute Gasteiger partial charge is 0.242 e. The Balaban J connectivity index is 1.80. The molecule has 2 aromatic rings. The molecule has 32 heavy (non-hydrogen) atoms. The molecule has 1 aliphatic rings. The van der Waals surface area contributed by atoms with E-state index >= 15 is 0 Å². The molecule has 2 atom stereocenters. The van der Waals surface area contributed by atoms with Gasteiger partial charge >= 0.3 is 0 Å². The van der Waals surface area contributed by atoms with E-state index in [-0.39, 0.29) is 22.8 Å². The molecule has 0 radical (unpaired) electrons. The van der Waals surface area contributed by atoms with Crippen molar-refractivity contribution in [1.29, 1.82) is 0 Å². The topological polar surface area (TPSA) is 95.6 Å². The number of anilines is 2. The van der Waals surface area contributed by atoms with Crippen molar-refractivity contribution in [2.75, 3.05) is 10.2 Å². The molecule has 0 saturated carbocycles. The van der Waals surface area contributed by atoms with Gasteiger partial charge in [-0.3, -0.25) is 9.59 Å². The van der Waals surface area contributed by atoms with Crippen LogP contribution in [0.1, 0.15) is 45.7 Å². The van der Waals surface area contributed by atoms with Crippen LogP contribution in [0, 0.1) is 5.92 Å². The van der Waals surface area contributed by atoms with E-state index in [2.05, 4.69) is 17.0 Å². The molecule has 0 saturated heterocycles. The number of aryl methyl sites for hydroxylation is 1. The van der Waals surface area contributed by atoms with Crippen LogP contribution in [0.3, 0.4) is 0 Å². The first-order valence-corrected chi connectivity index (χ1v) is 12.4. The molecule has 2 aromatic carbocycles. The van der Waals surface area contributed by atoms with Gasteiger partial charge in [0.2, 0.25) is 21.8 Å². The number of hydrogen-bond acceptors (Lipinski definition) is 4. The van der Waals surface area contributed by atoms with E-state index in [1.165, 1.54) is 13.0 Å². The Labute approximate surface area is 190 Å². The standard InChI is InChI=1S/C24H31N3O4S/c1-6-18-7-9-20(10-8-18)25-24(29)23(15(2)3)26-32(30,31)21-11-12-22-19(14-21)13-16(4)27(22)17(5)28/h7-12,14-16,23,26H,6,13H2,1-5H3,(H,25,29)/t16-,23+/m0/s1. The first-order chi connectivity index (χ1) is 15.0. The number of fused-ring (bicyclic) bond motifs is 1. The van der Waals surface area contributed by atoms with E-state index < -0.39 is 22.0 Å². The summed E-state index contributed by atoms with van der Waals surface area (Å²) in [6.07, 6.45) is 1.48. The molecule has 0 spiro atoms. The van der Waals surface area contributed by atoms with E-state index in [4.69, 9.17) is 0 Å². The number of sulfonamides is 1. The number of benzene rings is 2. The van der Waals surface area contributed by atoms with E-state index in [1.807, 2.05) is 31.2 Å². The van der Waals surface area contributed by atoms with E-state index in [0.717, 1.165) is 23.2 Å². The van der Waals surface area contributed by atoms with Gasteiger partial charge in [0, 0.05) is 24.3 Å². The van der Waals surface area contributed by atoms with E-state index in [1.54, 1.807) is 30.9 Å². The summed E-state index contributed by atoms with van der Waals surface area (Å²) in [4.78, 5) is 26.6. The average molecular weight is 458 g/mol. The highest BCUT2D eigenvalue weighted by Gasteiger charge is 2.32. The van der Waals surface area contributed by atoms with Crippen molar-refractivity contribution in [3.8, 4) is 0 Å². The first-order valence-electron chi connectivity index (χ1n) is 10.9. The summed E-state index contributed by atoms with van der Waals surface area (Å²) in [5.74, 6) is -0.749. The summed E-state index contributed by atoms with van der Waals surface area (Å²) in [7, 11) is -3.94. The van der Waals surface area contributed by atoms with Crippen LogP contribution in [-0.2, 0) is 32.5 Å². The molecular weight excluding hydrogens is 426 g/mol. The highest BCUT2D eigenvalue weighted by molar-refractivity contribution is 7.89. The molecular formula is C24H31N3O4S. The van der Waals surface area contributed by atoms with Crippen molar-refractivity contribution in [2.45, 2.75) is 64.4 Å². The fourth-order valence-corrected chi connectivity index (χ4v) is 5.42. The number of carbonyl (C=O) groups is 2. The van der Waals surface area contributed by atoms with Gasteiger partial charge in [0.05, 0.1) is 4.90 Å². The number of hydrogen-bond donors (Lipinski definition) is 2. The largest absolute Gasteiger partial charge is 0.325 e. The lowest BCUT2D eigenvalue weighted by molar-refractivity contribution is -0.118. The van der Waals surface area contributed by atoms with Gasteiger partial charge < -0.3 is 10.2 Å². The van der Waals surface area contributed by atoms with Crippen molar-refractivity contribution >= 4 is 33.2 Å². The van der Waals surface area contributed by atoms with Crippen molar-refractivity contribution in [3.05, 3.63) is 53.6 Å². The summed E-state index contributed by atoms with van der Waals surface area (Å²) < 4.78 is 28.8. The summed E-state index contributed by atoms with van der Waals surface area (Å²) in [6, 6.07) is 11.3. The first kappa shape index (κ1) is 23.9. The molecule has 2 amide bonds. The molecule has 1 heterocycles. The second-order valence-electron chi connectivity index (χ2n) is 8.62. The molecule has 8 heteroatoms. The second-order valence-corrected chi connectivity index (χ2v) is 10.3. The molecule has 7 nitrogen and oxygen atoms in total. The zero-order valence-electron chi connectivity index (χ0n) is 19.2. The summed E-state index contributed by atoms with van der Waals surface area (Å²) in [5, 5.41) is 2.80. The lowest BCUT2D eigenvalue weighted by atomic mass is 10.0. The van der Waals surface area contributed by atoms with Crippen LogP contribution >= 0.6 is 0 Å². The third-order valence-corrected chi connectivity index (χ3v) is 7.22. The van der Waals surface area contributed by atoms with E-state index in [0.29, 0.717) is 12.1 Å². The van der Waals surface area contributed by atoms with E-state index in [9.17, 15) is 18.0 Å². The van der Waals surface area contributed by atoms with Crippen molar-refractivity contribution < 1.29 is 18.0 Å². The van der Waals surface area contributed by atoms with Gasteiger partial charge in [0.1, 0.15) is 6.04 Å². The third-order valence-electron chi connectivity index (χ3n) is 5.78. The van der Waals surface area contributed by atoms with Gasteiger partial charge in [0.15, 0.2) is 0 Å². The Kier molecular flexibility index (Phi) is 7.05. The minimum Gasteiger partial charge on any atom is -0.325 e. The number of nitrogens with zero attached hydrogens (tertiary/aromatic N) is 1. The summed E-state index contributed by atoms with van der Waals surface area (Å²) in [5.41, 5.74) is 3.31. The maximum absolute atomic E-state index is 13.1. The normalized spacial score (nSPS) is 16.7. The average Bonchev–Trinajstić information content (AvgIpc) is 3.07. The van der Waals surface area contributed by atoms with Gasteiger partial charge in [0.25, 0.3) is 0 Å². The lowest BCUT2D eigenvalue weighted by Crippen LogP contribution is -2.47. The van der Waals surface area contributed by atoms with Crippen molar-refractivity contribution in [3.63, 3.8) is 0 Å². The number of carbonyl (C=O) groups excluding carboxylic acids is 2. The summed E-state index contributed by atoms with van der Waals surface area (Å²) >= 11 is 0. The number of rotatable bonds is 7.